The minimum Gasteiger partial charge on any atom is -0.481 e. The van der Waals surface area contributed by atoms with Gasteiger partial charge in [0.05, 0.1) is 15.7 Å². The van der Waals surface area contributed by atoms with Crippen LogP contribution in [0.4, 0.5) is 0 Å². The Labute approximate surface area is 74.5 Å². The third kappa shape index (κ3) is 1.66. The van der Waals surface area contributed by atoms with Crippen LogP contribution >= 0.6 is 0 Å². The number of rotatable bonds is 1. The molecule has 0 spiro atoms. The third-order valence-electron chi connectivity index (χ3n) is 2.49. The number of aliphatic carboxylic acids is 1. The molecule has 0 aromatic carbocycles. The van der Waals surface area contributed by atoms with Crippen molar-refractivity contribution in [2.75, 3.05) is 0 Å². The highest BCUT2D eigenvalue weighted by atomic mass is 16.4. The van der Waals surface area contributed by atoms with Crippen LogP contribution in [-0.4, -0.2) is 32.8 Å². The molecule has 4 unspecified atom stereocenters. The molecule has 1 saturated carbocycles. The summed E-state index contributed by atoms with van der Waals surface area (Å²) >= 11 is 0. The number of carbonyl (C=O) groups is 1. The van der Waals surface area contributed by atoms with Crippen molar-refractivity contribution in [3.05, 3.63) is 0 Å². The molecule has 4 radical (unpaired) electrons. The molecule has 4 atom stereocenters. The van der Waals surface area contributed by atoms with Gasteiger partial charge in [0.1, 0.15) is 0 Å². The summed E-state index contributed by atoms with van der Waals surface area (Å²) in [4.78, 5) is 10.7. The summed E-state index contributed by atoms with van der Waals surface area (Å²) in [5.41, 5.74) is 5.62. The highest BCUT2D eigenvalue weighted by Crippen LogP contribution is 2.38. The smallest absolute Gasteiger partial charge is 0.305 e. The maximum Gasteiger partial charge on any atom is 0.305 e. The van der Waals surface area contributed by atoms with Crippen molar-refractivity contribution in [3.63, 3.8) is 0 Å². The second kappa shape index (κ2) is 3.52. The van der Waals surface area contributed by atoms with Crippen LogP contribution in [0.15, 0.2) is 0 Å². The Morgan fingerprint density at radius 3 is 2.42 bits per heavy atom. The van der Waals surface area contributed by atoms with Crippen molar-refractivity contribution in [1.29, 1.82) is 0 Å². The van der Waals surface area contributed by atoms with Gasteiger partial charge in [-0.25, -0.2) is 0 Å². The zero-order chi connectivity index (χ0) is 9.30. The fourth-order valence-electron chi connectivity index (χ4n) is 1.66. The molecule has 5 heteroatoms. The Kier molecular flexibility index (Phi) is 2.83. The molecule has 0 amide bonds. The molecule has 0 aromatic rings. The summed E-state index contributed by atoms with van der Waals surface area (Å²) in [6.45, 7) is 0. The minimum absolute atomic E-state index is 0.231. The van der Waals surface area contributed by atoms with E-state index in [4.69, 9.17) is 26.5 Å². The van der Waals surface area contributed by atoms with Crippen LogP contribution in [0.1, 0.15) is 12.8 Å². The average Bonchev–Trinajstić information content (AvgIpc) is 1.97. The zero-order valence-corrected chi connectivity index (χ0v) is 6.81. The number of carboxylic acids is 1. The van der Waals surface area contributed by atoms with E-state index in [-0.39, 0.29) is 11.9 Å². The Balaban J connectivity index is 2.71. The second-order valence-corrected chi connectivity index (χ2v) is 3.35. The van der Waals surface area contributed by atoms with Crippen molar-refractivity contribution in [3.8, 4) is 0 Å². The lowest BCUT2D eigenvalue weighted by molar-refractivity contribution is -0.142. The lowest BCUT2D eigenvalue weighted by atomic mass is 9.56. The number of carboxylic acid groups (broad SMARTS) is 1. The molecule has 0 bridgehead atoms. The second-order valence-electron chi connectivity index (χ2n) is 3.35. The molecule has 1 aliphatic carbocycles. The van der Waals surface area contributed by atoms with E-state index in [9.17, 15) is 4.79 Å². The SMILES string of the molecule is [B]C1CCC(N)C([B])C1C(=O)O. The van der Waals surface area contributed by atoms with Crippen molar-refractivity contribution in [2.45, 2.75) is 30.5 Å². The molecular weight excluding hydrogens is 152 g/mol. The molecule has 1 fully saturated rings. The molecule has 1 rings (SSSR count). The third-order valence-corrected chi connectivity index (χ3v) is 2.49. The first-order chi connectivity index (χ1) is 5.54. The number of hydrogen-bond acceptors (Lipinski definition) is 2. The van der Waals surface area contributed by atoms with E-state index in [0.29, 0.717) is 12.8 Å². The van der Waals surface area contributed by atoms with Crippen molar-refractivity contribution in [2.24, 2.45) is 11.7 Å². The fraction of sp³-hybridized carbons (Fsp3) is 0.857. The van der Waals surface area contributed by atoms with Gasteiger partial charge in [-0.05, 0) is 18.3 Å². The normalized spacial score (nSPS) is 42.4. The van der Waals surface area contributed by atoms with Gasteiger partial charge in [-0.1, -0.05) is 12.2 Å². The summed E-state index contributed by atoms with van der Waals surface area (Å²) in [7, 11) is 11.2. The predicted octanol–water partition coefficient (Wildman–Crippen LogP) is -0.278. The molecule has 0 aliphatic heterocycles. The first-order valence-electron chi connectivity index (χ1n) is 4.03. The van der Waals surface area contributed by atoms with E-state index in [1.54, 1.807) is 0 Å². The zero-order valence-electron chi connectivity index (χ0n) is 6.81. The molecule has 0 heterocycles. The monoisotopic (exact) mass is 163 g/mol. The van der Waals surface area contributed by atoms with Crippen molar-refractivity contribution >= 4 is 21.7 Å². The number of nitrogens with two attached hydrogens (primary N) is 1. The van der Waals surface area contributed by atoms with Crippen LogP contribution in [0.3, 0.4) is 0 Å². The molecule has 62 valence electrons. The maximum absolute atomic E-state index is 10.7. The van der Waals surface area contributed by atoms with Gasteiger partial charge in [0.2, 0.25) is 0 Å². The van der Waals surface area contributed by atoms with Gasteiger partial charge in [0, 0.05) is 5.92 Å². The van der Waals surface area contributed by atoms with Gasteiger partial charge in [-0.2, -0.15) is 0 Å². The van der Waals surface area contributed by atoms with Crippen molar-refractivity contribution in [1.82, 2.24) is 0 Å². The number of hydrogen-bond donors (Lipinski definition) is 2. The van der Waals surface area contributed by atoms with Gasteiger partial charge in [-0.3, -0.25) is 4.79 Å². The average molecular weight is 163 g/mol. The van der Waals surface area contributed by atoms with Crippen LogP contribution in [0.25, 0.3) is 0 Å². The first-order valence-corrected chi connectivity index (χ1v) is 4.03. The highest BCUT2D eigenvalue weighted by molar-refractivity contribution is 6.18. The summed E-state index contributed by atoms with van der Waals surface area (Å²) in [6, 6.07) is -0.231. The van der Waals surface area contributed by atoms with E-state index in [1.807, 2.05) is 0 Å². The quantitative estimate of drug-likeness (QED) is 0.522. The first kappa shape index (κ1) is 9.65. The molecule has 0 aromatic heterocycles. The lowest BCUT2D eigenvalue weighted by Gasteiger charge is -2.36. The van der Waals surface area contributed by atoms with Crippen LogP contribution in [0, 0.1) is 5.92 Å². The van der Waals surface area contributed by atoms with Gasteiger partial charge in [0.25, 0.3) is 0 Å². The standard InChI is InChI=1S/C7H11B2NO2/c8-3-1-2-4(10)6(9)5(3)7(11)12/h3-6H,1-2,10H2,(H,11,12). The summed E-state index contributed by atoms with van der Waals surface area (Å²) in [6.07, 6.45) is 1.36. The molecule has 3 nitrogen and oxygen atoms in total. The summed E-state index contributed by atoms with van der Waals surface area (Å²) in [5, 5.41) is 8.78. The molecule has 3 N–H and O–H groups in total. The van der Waals surface area contributed by atoms with Gasteiger partial charge in [0.15, 0.2) is 0 Å². The topological polar surface area (TPSA) is 63.3 Å². The van der Waals surface area contributed by atoms with Gasteiger partial charge in [-0.15, -0.1) is 0 Å². The fourth-order valence-corrected chi connectivity index (χ4v) is 1.66. The van der Waals surface area contributed by atoms with Gasteiger partial charge >= 0.3 is 5.97 Å². The summed E-state index contributed by atoms with van der Waals surface area (Å²) < 4.78 is 0. The van der Waals surface area contributed by atoms with Crippen LogP contribution in [0.2, 0.25) is 11.6 Å². The van der Waals surface area contributed by atoms with Crippen LogP contribution < -0.4 is 5.73 Å². The van der Waals surface area contributed by atoms with Crippen molar-refractivity contribution < 1.29 is 9.90 Å². The predicted molar refractivity (Wildman–Crippen MR) is 47.3 cm³/mol. The lowest BCUT2D eigenvalue weighted by Crippen LogP contribution is -2.40. The summed E-state index contributed by atoms with van der Waals surface area (Å²) in [5.74, 6) is -2.48. The van der Waals surface area contributed by atoms with Crippen LogP contribution in [0.5, 0.6) is 0 Å². The molecule has 1 aliphatic rings. The maximum atomic E-state index is 10.7. The highest BCUT2D eigenvalue weighted by Gasteiger charge is 2.36. The van der Waals surface area contributed by atoms with Crippen LogP contribution in [-0.2, 0) is 4.79 Å². The minimum atomic E-state index is -0.940. The largest absolute Gasteiger partial charge is 0.481 e. The van der Waals surface area contributed by atoms with E-state index in [1.165, 1.54) is 0 Å². The Bertz CT molecular complexity index is 188. The van der Waals surface area contributed by atoms with E-state index < -0.39 is 17.7 Å². The molecule has 0 saturated heterocycles. The Hall–Kier alpha value is -0.440. The van der Waals surface area contributed by atoms with E-state index >= 15 is 0 Å². The van der Waals surface area contributed by atoms with E-state index in [0.717, 1.165) is 0 Å². The Morgan fingerprint density at radius 1 is 1.42 bits per heavy atom. The molecular formula is C7H11B2NO2. The molecule has 12 heavy (non-hydrogen) atoms. The Morgan fingerprint density at radius 2 is 2.00 bits per heavy atom. The van der Waals surface area contributed by atoms with E-state index in [2.05, 4.69) is 0 Å². The van der Waals surface area contributed by atoms with Gasteiger partial charge < -0.3 is 10.8 Å².